The van der Waals surface area contributed by atoms with Crippen LogP contribution in [-0.4, -0.2) is 23.1 Å². The number of benzene rings is 3. The largest absolute Gasteiger partial charge is 0.342 e. The maximum Gasteiger partial charge on any atom is 0.144 e. The molecule has 4 aromatic rings. The Morgan fingerprint density at radius 2 is 1.82 bits per heavy atom. The predicted octanol–water partition coefficient (Wildman–Crippen LogP) is 6.15. The number of H-pyrrole nitrogens is 1. The van der Waals surface area contributed by atoms with Crippen LogP contribution in [0, 0.1) is 17.1 Å². The van der Waals surface area contributed by atoms with E-state index in [1.165, 1.54) is 11.6 Å². The Balaban J connectivity index is 1.40. The third-order valence-electron chi connectivity index (χ3n) is 6.80. The summed E-state index contributed by atoms with van der Waals surface area (Å²) in [4.78, 5) is 7.91. The molecule has 0 unspecified atom stereocenters. The van der Waals surface area contributed by atoms with E-state index in [1.807, 2.05) is 24.3 Å². The summed E-state index contributed by atoms with van der Waals surface area (Å²) < 4.78 is 13.8. The Morgan fingerprint density at radius 1 is 1.03 bits per heavy atom. The summed E-state index contributed by atoms with van der Waals surface area (Å²) in [7, 11) is 0. The second-order valence-electron chi connectivity index (χ2n) is 8.77. The van der Waals surface area contributed by atoms with Crippen molar-refractivity contribution in [1.82, 2.24) is 15.3 Å². The van der Waals surface area contributed by atoms with Crippen molar-refractivity contribution in [3.63, 3.8) is 0 Å². The maximum absolute atomic E-state index is 13.8. The first-order valence-corrected chi connectivity index (χ1v) is 11.6. The summed E-state index contributed by atoms with van der Waals surface area (Å²) in [5.74, 6) is 0.420. The first kappa shape index (κ1) is 21.6. The van der Waals surface area contributed by atoms with Gasteiger partial charge in [0.25, 0.3) is 0 Å². The second kappa shape index (κ2) is 8.97. The standard InChI is InChI=1S/C27H24ClFN4/c28-22-15-24-25(16-23(22)29)33-26(32-24)8-9-27(10-12-31-13-11-27)21-6-4-19(5-7-21)20-3-1-2-18(14-20)17-30/h1-7,14-16,31H,8-13H2,(H,32,33). The number of nitrogens with one attached hydrogen (secondary N) is 2. The molecule has 0 bridgehead atoms. The van der Waals surface area contributed by atoms with Crippen LogP contribution in [0.15, 0.2) is 60.7 Å². The van der Waals surface area contributed by atoms with Gasteiger partial charge in [0.1, 0.15) is 11.6 Å². The fourth-order valence-electron chi connectivity index (χ4n) is 4.91. The minimum absolute atomic E-state index is 0.0557. The lowest BCUT2D eigenvalue weighted by Gasteiger charge is -2.38. The highest BCUT2D eigenvalue weighted by Crippen LogP contribution is 2.39. The van der Waals surface area contributed by atoms with Gasteiger partial charge in [-0.2, -0.15) is 5.26 Å². The molecule has 166 valence electrons. The molecule has 1 aromatic heterocycles. The van der Waals surface area contributed by atoms with E-state index < -0.39 is 5.82 Å². The van der Waals surface area contributed by atoms with Crippen LogP contribution in [0.1, 0.15) is 36.2 Å². The van der Waals surface area contributed by atoms with E-state index in [1.54, 1.807) is 6.07 Å². The minimum Gasteiger partial charge on any atom is -0.342 e. The average Bonchev–Trinajstić information content (AvgIpc) is 3.25. The Labute approximate surface area is 197 Å². The minimum atomic E-state index is -0.436. The molecule has 0 saturated carbocycles. The van der Waals surface area contributed by atoms with Gasteiger partial charge in [0.05, 0.1) is 27.7 Å². The van der Waals surface area contributed by atoms with Gasteiger partial charge in [-0.1, -0.05) is 48.0 Å². The molecule has 5 rings (SSSR count). The molecule has 33 heavy (non-hydrogen) atoms. The lowest BCUT2D eigenvalue weighted by atomic mass is 9.70. The summed E-state index contributed by atoms with van der Waals surface area (Å²) in [6, 6.07) is 21.7. The molecule has 0 aliphatic carbocycles. The van der Waals surface area contributed by atoms with E-state index in [0.29, 0.717) is 16.6 Å². The molecule has 2 N–H and O–H groups in total. The van der Waals surface area contributed by atoms with Crippen molar-refractivity contribution in [2.24, 2.45) is 0 Å². The van der Waals surface area contributed by atoms with Crippen molar-refractivity contribution in [3.05, 3.63) is 88.5 Å². The van der Waals surface area contributed by atoms with E-state index >= 15 is 0 Å². The van der Waals surface area contributed by atoms with Gasteiger partial charge in [-0.3, -0.25) is 0 Å². The third kappa shape index (κ3) is 4.37. The summed E-state index contributed by atoms with van der Waals surface area (Å²) in [6.07, 6.45) is 3.84. The Kier molecular flexibility index (Phi) is 5.88. The number of nitriles is 1. The molecule has 1 aliphatic rings. The normalized spacial score (nSPS) is 15.4. The highest BCUT2D eigenvalue weighted by Gasteiger charge is 2.33. The highest BCUT2D eigenvalue weighted by atomic mass is 35.5. The zero-order valence-electron chi connectivity index (χ0n) is 18.2. The van der Waals surface area contributed by atoms with Gasteiger partial charge in [0.15, 0.2) is 0 Å². The van der Waals surface area contributed by atoms with E-state index in [4.69, 9.17) is 11.6 Å². The van der Waals surface area contributed by atoms with Crippen molar-refractivity contribution >= 4 is 22.6 Å². The quantitative estimate of drug-likeness (QED) is 0.377. The van der Waals surface area contributed by atoms with E-state index in [-0.39, 0.29) is 10.4 Å². The molecule has 4 nitrogen and oxygen atoms in total. The van der Waals surface area contributed by atoms with Crippen molar-refractivity contribution in [2.45, 2.75) is 31.1 Å². The molecule has 1 aliphatic heterocycles. The fraction of sp³-hybridized carbons (Fsp3) is 0.259. The van der Waals surface area contributed by atoms with E-state index in [9.17, 15) is 9.65 Å². The number of hydrogen-bond donors (Lipinski definition) is 2. The topological polar surface area (TPSA) is 64.5 Å². The SMILES string of the molecule is N#Cc1cccc(-c2ccc(C3(CCc4nc5cc(Cl)c(F)cc5[nH]4)CCNCC3)cc2)c1. The van der Waals surface area contributed by atoms with Gasteiger partial charge in [-0.15, -0.1) is 0 Å². The molecule has 2 heterocycles. The Bertz CT molecular complexity index is 1290. The van der Waals surface area contributed by atoms with Gasteiger partial charge < -0.3 is 10.3 Å². The van der Waals surface area contributed by atoms with Crippen LogP contribution in [-0.2, 0) is 11.8 Å². The second-order valence-corrected chi connectivity index (χ2v) is 9.17. The number of aryl methyl sites for hydroxylation is 1. The van der Waals surface area contributed by atoms with Crippen molar-refractivity contribution in [3.8, 4) is 17.2 Å². The number of fused-ring (bicyclic) bond motifs is 1. The van der Waals surface area contributed by atoms with E-state index in [0.717, 1.165) is 55.7 Å². The smallest absolute Gasteiger partial charge is 0.144 e. The van der Waals surface area contributed by atoms with Crippen LogP contribution in [0.25, 0.3) is 22.2 Å². The number of piperidine rings is 1. The molecule has 3 aromatic carbocycles. The van der Waals surface area contributed by atoms with Crippen molar-refractivity contribution in [1.29, 1.82) is 5.26 Å². The molecular formula is C27H24ClFN4. The third-order valence-corrected chi connectivity index (χ3v) is 7.09. The summed E-state index contributed by atoms with van der Waals surface area (Å²) in [6.45, 7) is 1.96. The van der Waals surface area contributed by atoms with Crippen LogP contribution in [0.2, 0.25) is 5.02 Å². The molecule has 6 heteroatoms. The first-order valence-electron chi connectivity index (χ1n) is 11.2. The highest BCUT2D eigenvalue weighted by molar-refractivity contribution is 6.31. The zero-order valence-corrected chi connectivity index (χ0v) is 18.9. The van der Waals surface area contributed by atoms with Crippen LogP contribution < -0.4 is 5.32 Å². The van der Waals surface area contributed by atoms with E-state index in [2.05, 4.69) is 45.6 Å². The van der Waals surface area contributed by atoms with Gasteiger partial charge in [0.2, 0.25) is 0 Å². The van der Waals surface area contributed by atoms with Gasteiger partial charge in [-0.05, 0) is 72.7 Å². The summed E-state index contributed by atoms with van der Waals surface area (Å²) in [5.41, 5.74) is 5.58. The number of aromatic amines is 1. The van der Waals surface area contributed by atoms with Crippen LogP contribution in [0.4, 0.5) is 4.39 Å². The Morgan fingerprint density at radius 3 is 2.58 bits per heavy atom. The van der Waals surface area contributed by atoms with Gasteiger partial charge in [-0.25, -0.2) is 9.37 Å². The number of rotatable bonds is 5. The molecule has 0 atom stereocenters. The predicted molar refractivity (Wildman–Crippen MR) is 130 cm³/mol. The van der Waals surface area contributed by atoms with Gasteiger partial charge >= 0.3 is 0 Å². The molecule has 0 amide bonds. The van der Waals surface area contributed by atoms with Crippen LogP contribution in [0.5, 0.6) is 0 Å². The number of hydrogen-bond acceptors (Lipinski definition) is 3. The molecule has 0 spiro atoms. The molecular weight excluding hydrogens is 435 g/mol. The van der Waals surface area contributed by atoms with Crippen LogP contribution >= 0.6 is 11.6 Å². The molecule has 1 fully saturated rings. The van der Waals surface area contributed by atoms with Crippen LogP contribution in [0.3, 0.4) is 0 Å². The molecule has 0 radical (unpaired) electrons. The number of nitrogens with zero attached hydrogens (tertiary/aromatic N) is 2. The zero-order chi connectivity index (χ0) is 22.8. The number of halogens is 2. The Hall–Kier alpha value is -3.20. The first-order chi connectivity index (χ1) is 16.1. The number of aromatic nitrogens is 2. The monoisotopic (exact) mass is 458 g/mol. The average molecular weight is 459 g/mol. The fourth-order valence-corrected chi connectivity index (χ4v) is 5.06. The number of imidazole rings is 1. The molecule has 1 saturated heterocycles. The lowest BCUT2D eigenvalue weighted by Crippen LogP contribution is -2.40. The van der Waals surface area contributed by atoms with Crippen molar-refractivity contribution in [2.75, 3.05) is 13.1 Å². The maximum atomic E-state index is 13.8. The van der Waals surface area contributed by atoms with Gasteiger partial charge in [0, 0.05) is 12.5 Å². The summed E-state index contributed by atoms with van der Waals surface area (Å²) >= 11 is 5.92. The summed E-state index contributed by atoms with van der Waals surface area (Å²) in [5, 5.41) is 12.8. The van der Waals surface area contributed by atoms with Crippen molar-refractivity contribution < 1.29 is 4.39 Å². The lowest BCUT2D eigenvalue weighted by molar-refractivity contribution is 0.286.